The van der Waals surface area contributed by atoms with Crippen LogP contribution in [0.15, 0.2) is 24.3 Å². The summed E-state index contributed by atoms with van der Waals surface area (Å²) < 4.78 is 10.9. The number of nitrogens with one attached hydrogen (secondary N) is 1. The summed E-state index contributed by atoms with van der Waals surface area (Å²) in [6, 6.07) is 7.93. The Bertz CT molecular complexity index is 412. The molecule has 2 rings (SSSR count). The van der Waals surface area contributed by atoms with Crippen LogP contribution in [-0.2, 0) is 11.2 Å². The molecule has 0 aliphatic carbocycles. The number of ether oxygens (including phenoxy) is 2. The second-order valence-corrected chi connectivity index (χ2v) is 5.43. The monoisotopic (exact) mass is 249 g/mol. The molecule has 1 aromatic rings. The van der Waals surface area contributed by atoms with Gasteiger partial charge < -0.3 is 14.8 Å². The Kier molecular flexibility index (Phi) is 3.45. The van der Waals surface area contributed by atoms with Crippen LogP contribution >= 0.6 is 0 Å². The number of hydrogen-bond acceptors (Lipinski definition) is 3. The number of rotatable bonds is 2. The maximum Gasteiger partial charge on any atom is 0.407 e. The molecule has 1 unspecified atom stereocenters. The molecular weight excluding hydrogens is 230 g/mol. The fraction of sp³-hybridized carbons (Fsp3) is 0.500. The second-order valence-electron chi connectivity index (χ2n) is 5.43. The average Bonchev–Trinajstić information content (AvgIpc) is 2.66. The topological polar surface area (TPSA) is 47.6 Å². The van der Waals surface area contributed by atoms with Crippen molar-refractivity contribution in [2.24, 2.45) is 0 Å². The molecule has 1 aliphatic rings. The third kappa shape index (κ3) is 3.39. The normalized spacial score (nSPS) is 17.8. The van der Waals surface area contributed by atoms with Gasteiger partial charge in [-0.3, -0.25) is 0 Å². The molecule has 0 spiro atoms. The van der Waals surface area contributed by atoms with Gasteiger partial charge in [-0.05, 0) is 32.4 Å². The minimum absolute atomic E-state index is 0.00471. The molecule has 0 radical (unpaired) electrons. The van der Waals surface area contributed by atoms with Crippen molar-refractivity contribution in [3.05, 3.63) is 29.8 Å². The molecule has 4 heteroatoms. The van der Waals surface area contributed by atoms with E-state index in [1.54, 1.807) is 0 Å². The third-order valence-electron chi connectivity index (χ3n) is 2.59. The fourth-order valence-corrected chi connectivity index (χ4v) is 1.88. The second kappa shape index (κ2) is 4.88. The van der Waals surface area contributed by atoms with Crippen LogP contribution in [0, 0.1) is 0 Å². The highest BCUT2D eigenvalue weighted by molar-refractivity contribution is 5.67. The Labute approximate surface area is 107 Å². The summed E-state index contributed by atoms with van der Waals surface area (Å²) in [7, 11) is 0. The van der Waals surface area contributed by atoms with Crippen molar-refractivity contribution in [1.82, 2.24) is 5.32 Å². The Balaban J connectivity index is 1.79. The molecule has 0 saturated carbocycles. The predicted molar refractivity (Wildman–Crippen MR) is 68.8 cm³/mol. The van der Waals surface area contributed by atoms with Crippen LogP contribution in [0.4, 0.5) is 4.79 Å². The lowest BCUT2D eigenvalue weighted by atomic mass is 10.1. The van der Waals surface area contributed by atoms with Crippen LogP contribution in [0.3, 0.4) is 0 Å². The SMILES string of the molecule is CC(C)(C)OC(=O)NCC1Cc2ccccc2O1. The summed E-state index contributed by atoms with van der Waals surface area (Å²) in [5.41, 5.74) is 0.720. The Morgan fingerprint density at radius 1 is 1.44 bits per heavy atom. The number of carbonyl (C=O) groups is 1. The first kappa shape index (κ1) is 12.7. The van der Waals surface area contributed by atoms with E-state index in [1.165, 1.54) is 5.56 Å². The van der Waals surface area contributed by atoms with Gasteiger partial charge in [-0.2, -0.15) is 0 Å². The van der Waals surface area contributed by atoms with E-state index in [0.29, 0.717) is 6.54 Å². The summed E-state index contributed by atoms with van der Waals surface area (Å²) in [4.78, 5) is 11.5. The van der Waals surface area contributed by atoms with Gasteiger partial charge in [-0.25, -0.2) is 4.79 Å². The minimum atomic E-state index is -0.469. The molecule has 0 bridgehead atoms. The van der Waals surface area contributed by atoms with Gasteiger partial charge in [0.1, 0.15) is 17.5 Å². The first-order valence-electron chi connectivity index (χ1n) is 6.15. The number of fused-ring (bicyclic) bond motifs is 1. The van der Waals surface area contributed by atoms with Crippen LogP contribution in [-0.4, -0.2) is 24.3 Å². The van der Waals surface area contributed by atoms with Crippen molar-refractivity contribution < 1.29 is 14.3 Å². The van der Waals surface area contributed by atoms with E-state index in [-0.39, 0.29) is 6.10 Å². The molecule has 0 saturated heterocycles. The van der Waals surface area contributed by atoms with Crippen molar-refractivity contribution in [1.29, 1.82) is 0 Å². The zero-order valence-corrected chi connectivity index (χ0v) is 11.0. The highest BCUT2D eigenvalue weighted by Crippen LogP contribution is 2.27. The van der Waals surface area contributed by atoms with E-state index in [0.717, 1.165) is 12.2 Å². The molecule has 1 aliphatic heterocycles. The maximum absolute atomic E-state index is 11.5. The van der Waals surface area contributed by atoms with E-state index in [9.17, 15) is 4.79 Å². The van der Waals surface area contributed by atoms with E-state index in [4.69, 9.17) is 9.47 Å². The van der Waals surface area contributed by atoms with E-state index >= 15 is 0 Å². The number of carbonyl (C=O) groups excluding carboxylic acids is 1. The van der Waals surface area contributed by atoms with Crippen molar-refractivity contribution in [2.45, 2.75) is 38.9 Å². The standard InChI is InChI=1S/C14H19NO3/c1-14(2,3)18-13(16)15-9-11-8-10-6-4-5-7-12(10)17-11/h4-7,11H,8-9H2,1-3H3,(H,15,16). The highest BCUT2D eigenvalue weighted by Gasteiger charge is 2.23. The van der Waals surface area contributed by atoms with Gasteiger partial charge >= 0.3 is 6.09 Å². The largest absolute Gasteiger partial charge is 0.488 e. The zero-order chi connectivity index (χ0) is 13.2. The van der Waals surface area contributed by atoms with Gasteiger partial charge in [0.25, 0.3) is 0 Å². The van der Waals surface area contributed by atoms with Crippen LogP contribution < -0.4 is 10.1 Å². The van der Waals surface area contributed by atoms with E-state index in [2.05, 4.69) is 5.32 Å². The maximum atomic E-state index is 11.5. The van der Waals surface area contributed by atoms with Crippen molar-refractivity contribution in [3.63, 3.8) is 0 Å². The minimum Gasteiger partial charge on any atom is -0.488 e. The van der Waals surface area contributed by atoms with Crippen LogP contribution in [0.25, 0.3) is 0 Å². The Morgan fingerprint density at radius 3 is 2.83 bits per heavy atom. The van der Waals surface area contributed by atoms with Gasteiger partial charge in [0, 0.05) is 6.42 Å². The quantitative estimate of drug-likeness (QED) is 0.876. The number of benzene rings is 1. The van der Waals surface area contributed by atoms with Gasteiger partial charge in [0.15, 0.2) is 0 Å². The van der Waals surface area contributed by atoms with Crippen molar-refractivity contribution in [3.8, 4) is 5.75 Å². The summed E-state index contributed by atoms with van der Waals surface area (Å²) in [6.07, 6.45) is 0.420. The van der Waals surface area contributed by atoms with Gasteiger partial charge in [0.2, 0.25) is 0 Å². The molecule has 1 atom stereocenters. The van der Waals surface area contributed by atoms with Crippen LogP contribution in [0.2, 0.25) is 0 Å². The summed E-state index contributed by atoms with van der Waals surface area (Å²) >= 11 is 0. The smallest absolute Gasteiger partial charge is 0.407 e. The van der Waals surface area contributed by atoms with E-state index in [1.807, 2.05) is 45.0 Å². The van der Waals surface area contributed by atoms with Crippen LogP contribution in [0.1, 0.15) is 26.3 Å². The Hall–Kier alpha value is -1.71. The lowest BCUT2D eigenvalue weighted by Crippen LogP contribution is -2.38. The molecular formula is C14H19NO3. The molecule has 1 N–H and O–H groups in total. The molecule has 0 aromatic heterocycles. The fourth-order valence-electron chi connectivity index (χ4n) is 1.88. The average molecular weight is 249 g/mol. The Morgan fingerprint density at radius 2 is 2.17 bits per heavy atom. The van der Waals surface area contributed by atoms with Gasteiger partial charge in [-0.15, -0.1) is 0 Å². The third-order valence-corrected chi connectivity index (χ3v) is 2.59. The van der Waals surface area contributed by atoms with Crippen molar-refractivity contribution in [2.75, 3.05) is 6.54 Å². The molecule has 1 aromatic carbocycles. The predicted octanol–water partition coefficient (Wildman–Crippen LogP) is 2.51. The van der Waals surface area contributed by atoms with E-state index < -0.39 is 11.7 Å². The first-order chi connectivity index (χ1) is 8.44. The number of alkyl carbamates (subject to hydrolysis) is 1. The summed E-state index contributed by atoms with van der Waals surface area (Å²) in [6.45, 7) is 5.99. The lowest BCUT2D eigenvalue weighted by molar-refractivity contribution is 0.0506. The molecule has 1 heterocycles. The molecule has 0 fully saturated rings. The number of para-hydroxylation sites is 1. The summed E-state index contributed by atoms with van der Waals surface area (Å²) in [5.74, 6) is 0.911. The molecule has 4 nitrogen and oxygen atoms in total. The molecule has 18 heavy (non-hydrogen) atoms. The molecule has 98 valence electrons. The highest BCUT2D eigenvalue weighted by atomic mass is 16.6. The van der Waals surface area contributed by atoms with Gasteiger partial charge in [-0.1, -0.05) is 18.2 Å². The number of amides is 1. The first-order valence-corrected chi connectivity index (χ1v) is 6.15. The summed E-state index contributed by atoms with van der Waals surface area (Å²) in [5, 5.41) is 2.73. The van der Waals surface area contributed by atoms with Gasteiger partial charge in [0.05, 0.1) is 6.54 Å². The van der Waals surface area contributed by atoms with Crippen molar-refractivity contribution >= 4 is 6.09 Å². The van der Waals surface area contributed by atoms with Crippen LogP contribution in [0.5, 0.6) is 5.75 Å². The number of hydrogen-bond donors (Lipinski definition) is 1. The zero-order valence-electron chi connectivity index (χ0n) is 11.0. The lowest BCUT2D eigenvalue weighted by Gasteiger charge is -2.20. The molecule has 1 amide bonds.